The molecule has 0 aliphatic heterocycles. The van der Waals surface area contributed by atoms with E-state index < -0.39 is 0 Å². The third-order valence-corrected chi connectivity index (χ3v) is 3.04. The van der Waals surface area contributed by atoms with Crippen LogP contribution in [-0.4, -0.2) is 26.6 Å². The van der Waals surface area contributed by atoms with Gasteiger partial charge in [-0.3, -0.25) is 0 Å². The van der Waals surface area contributed by atoms with Gasteiger partial charge in [0.1, 0.15) is 0 Å². The average molecular weight is 288 g/mol. The lowest BCUT2D eigenvalue weighted by molar-refractivity contribution is -0.109. The second kappa shape index (κ2) is 6.23. The van der Waals surface area contributed by atoms with Crippen molar-refractivity contribution in [1.29, 1.82) is 0 Å². The van der Waals surface area contributed by atoms with Gasteiger partial charge < -0.3 is 14.8 Å². The van der Waals surface area contributed by atoms with E-state index in [9.17, 15) is 0 Å². The summed E-state index contributed by atoms with van der Waals surface area (Å²) in [5.41, 5.74) is 2.26. The Balaban J connectivity index is 2.72. The molecule has 16 heavy (non-hydrogen) atoms. The zero-order valence-electron chi connectivity index (χ0n) is 10.1. The molecule has 4 heteroatoms. The molecular weight excluding hydrogens is 270 g/mol. The Hall–Kier alpha value is -0.580. The van der Waals surface area contributed by atoms with Crippen molar-refractivity contribution in [2.24, 2.45) is 0 Å². The molecule has 0 aliphatic carbocycles. The summed E-state index contributed by atoms with van der Waals surface area (Å²) in [5, 5.41) is 3.34. The molecule has 1 atom stereocenters. The number of hydrogen-bond donors (Lipinski definition) is 1. The van der Waals surface area contributed by atoms with Crippen molar-refractivity contribution in [3.8, 4) is 0 Å². The third kappa shape index (κ3) is 3.47. The van der Waals surface area contributed by atoms with Crippen LogP contribution < -0.4 is 5.32 Å². The molecule has 0 aromatic heterocycles. The first kappa shape index (κ1) is 13.5. The van der Waals surface area contributed by atoms with Crippen molar-refractivity contribution in [2.45, 2.75) is 26.2 Å². The molecule has 1 N–H and O–H groups in total. The maximum atomic E-state index is 5.20. The van der Waals surface area contributed by atoms with Gasteiger partial charge in [0.15, 0.2) is 6.29 Å². The van der Waals surface area contributed by atoms with Gasteiger partial charge in [-0.1, -0.05) is 6.07 Å². The molecule has 0 aliphatic rings. The predicted molar refractivity (Wildman–Crippen MR) is 69.8 cm³/mol. The Morgan fingerprint density at radius 3 is 2.38 bits per heavy atom. The quantitative estimate of drug-likeness (QED) is 0.844. The van der Waals surface area contributed by atoms with Gasteiger partial charge in [0.25, 0.3) is 0 Å². The largest absolute Gasteiger partial charge is 0.377 e. The van der Waals surface area contributed by atoms with Crippen LogP contribution in [0.15, 0.2) is 22.7 Å². The molecule has 1 rings (SSSR count). The molecule has 1 aromatic carbocycles. The molecule has 3 nitrogen and oxygen atoms in total. The van der Waals surface area contributed by atoms with E-state index in [0.29, 0.717) is 0 Å². The van der Waals surface area contributed by atoms with Crippen molar-refractivity contribution in [2.75, 3.05) is 19.5 Å². The number of aryl methyl sites for hydroxylation is 1. The van der Waals surface area contributed by atoms with Crippen molar-refractivity contribution in [1.82, 2.24) is 0 Å². The highest BCUT2D eigenvalue weighted by Gasteiger charge is 2.16. The average Bonchev–Trinajstić information content (AvgIpc) is 2.24. The van der Waals surface area contributed by atoms with E-state index in [0.717, 1.165) is 10.2 Å². The first-order valence-corrected chi connectivity index (χ1v) is 5.96. The Labute approximate surface area is 105 Å². The van der Waals surface area contributed by atoms with Crippen molar-refractivity contribution in [3.63, 3.8) is 0 Å². The van der Waals surface area contributed by atoms with E-state index in [1.54, 1.807) is 14.2 Å². The minimum atomic E-state index is -0.256. The van der Waals surface area contributed by atoms with Gasteiger partial charge in [0, 0.05) is 24.4 Å². The van der Waals surface area contributed by atoms with E-state index >= 15 is 0 Å². The number of methoxy groups -OCH3 is 2. The molecule has 0 saturated heterocycles. The monoisotopic (exact) mass is 287 g/mol. The normalized spacial score (nSPS) is 12.9. The van der Waals surface area contributed by atoms with Gasteiger partial charge >= 0.3 is 0 Å². The zero-order valence-corrected chi connectivity index (χ0v) is 11.7. The Morgan fingerprint density at radius 1 is 1.25 bits per heavy atom. The predicted octanol–water partition coefficient (Wildman–Crippen LogP) is 3.18. The van der Waals surface area contributed by atoms with Crippen LogP contribution >= 0.6 is 15.9 Å². The van der Waals surface area contributed by atoms with Crippen LogP contribution in [0.25, 0.3) is 0 Å². The second-order valence-electron chi connectivity index (χ2n) is 3.76. The summed E-state index contributed by atoms with van der Waals surface area (Å²) in [6.45, 7) is 4.08. The van der Waals surface area contributed by atoms with Crippen LogP contribution in [0.3, 0.4) is 0 Å². The van der Waals surface area contributed by atoms with Gasteiger partial charge in [-0.2, -0.15) is 0 Å². The molecule has 90 valence electrons. The minimum absolute atomic E-state index is 0.0778. The number of ether oxygens (including phenoxy) is 2. The fourth-order valence-corrected chi connectivity index (χ4v) is 2.16. The maximum Gasteiger partial charge on any atom is 0.176 e. The first-order valence-electron chi connectivity index (χ1n) is 5.16. The van der Waals surface area contributed by atoms with Gasteiger partial charge in [-0.25, -0.2) is 0 Å². The highest BCUT2D eigenvalue weighted by molar-refractivity contribution is 9.10. The van der Waals surface area contributed by atoms with E-state index in [-0.39, 0.29) is 12.3 Å². The third-order valence-electron chi connectivity index (χ3n) is 2.38. The summed E-state index contributed by atoms with van der Waals surface area (Å²) < 4.78 is 11.4. The summed E-state index contributed by atoms with van der Waals surface area (Å²) in [5.74, 6) is 0. The Morgan fingerprint density at radius 2 is 1.88 bits per heavy atom. The van der Waals surface area contributed by atoms with Crippen LogP contribution in [0.5, 0.6) is 0 Å². The van der Waals surface area contributed by atoms with Gasteiger partial charge in [-0.15, -0.1) is 0 Å². The number of anilines is 1. The maximum absolute atomic E-state index is 5.20. The van der Waals surface area contributed by atoms with E-state index in [4.69, 9.17) is 9.47 Å². The lowest BCUT2D eigenvalue weighted by Gasteiger charge is -2.23. The van der Waals surface area contributed by atoms with E-state index in [2.05, 4.69) is 40.3 Å². The van der Waals surface area contributed by atoms with Gasteiger partial charge in [0.2, 0.25) is 0 Å². The molecule has 0 amide bonds. The van der Waals surface area contributed by atoms with Crippen molar-refractivity contribution in [3.05, 3.63) is 28.2 Å². The second-order valence-corrected chi connectivity index (χ2v) is 4.61. The van der Waals surface area contributed by atoms with E-state index in [1.807, 2.05) is 13.0 Å². The van der Waals surface area contributed by atoms with Crippen LogP contribution in [0.1, 0.15) is 12.5 Å². The molecule has 0 bridgehead atoms. The van der Waals surface area contributed by atoms with Crippen LogP contribution in [0, 0.1) is 6.92 Å². The molecule has 1 aromatic rings. The Bertz CT molecular complexity index is 340. The lowest BCUT2D eigenvalue weighted by atomic mass is 10.2. The SMILES string of the molecule is COC(OC)C(C)Nc1ccc(C)cc1Br. The summed E-state index contributed by atoms with van der Waals surface area (Å²) >= 11 is 3.52. The number of benzene rings is 1. The molecule has 0 saturated carbocycles. The standard InChI is InChI=1S/C12H18BrNO2/c1-8-5-6-11(10(13)7-8)14-9(2)12(15-3)16-4/h5-7,9,12,14H,1-4H3. The summed E-state index contributed by atoms with van der Waals surface area (Å²) in [7, 11) is 3.27. The zero-order chi connectivity index (χ0) is 12.1. The number of hydrogen-bond acceptors (Lipinski definition) is 3. The van der Waals surface area contributed by atoms with Crippen LogP contribution in [0.2, 0.25) is 0 Å². The molecule has 0 heterocycles. The molecule has 0 spiro atoms. The first-order chi connectivity index (χ1) is 7.58. The smallest absolute Gasteiger partial charge is 0.176 e. The van der Waals surface area contributed by atoms with Crippen LogP contribution in [0.4, 0.5) is 5.69 Å². The number of halogens is 1. The Kier molecular flexibility index (Phi) is 5.25. The van der Waals surface area contributed by atoms with Gasteiger partial charge in [0.05, 0.1) is 6.04 Å². The molecule has 0 radical (unpaired) electrons. The summed E-state index contributed by atoms with van der Waals surface area (Å²) in [6, 6.07) is 6.25. The number of rotatable bonds is 5. The van der Waals surface area contributed by atoms with Gasteiger partial charge in [-0.05, 0) is 47.5 Å². The summed E-state index contributed by atoms with van der Waals surface area (Å²) in [6.07, 6.45) is -0.256. The minimum Gasteiger partial charge on any atom is -0.377 e. The molecular formula is C12H18BrNO2. The lowest BCUT2D eigenvalue weighted by Crippen LogP contribution is -2.33. The number of nitrogens with one attached hydrogen (secondary N) is 1. The van der Waals surface area contributed by atoms with Crippen molar-refractivity contribution >= 4 is 21.6 Å². The van der Waals surface area contributed by atoms with Crippen LogP contribution in [-0.2, 0) is 9.47 Å². The van der Waals surface area contributed by atoms with E-state index in [1.165, 1.54) is 5.56 Å². The molecule has 1 unspecified atom stereocenters. The fraction of sp³-hybridized carbons (Fsp3) is 0.500. The van der Waals surface area contributed by atoms with Crippen molar-refractivity contribution < 1.29 is 9.47 Å². The fourth-order valence-electron chi connectivity index (χ4n) is 1.55. The molecule has 0 fully saturated rings. The highest BCUT2D eigenvalue weighted by Crippen LogP contribution is 2.24. The summed E-state index contributed by atoms with van der Waals surface area (Å²) in [4.78, 5) is 0. The highest BCUT2D eigenvalue weighted by atomic mass is 79.9. The topological polar surface area (TPSA) is 30.5 Å².